The van der Waals surface area contributed by atoms with Crippen LogP contribution in [-0.4, -0.2) is 25.6 Å². The van der Waals surface area contributed by atoms with Crippen molar-refractivity contribution in [2.45, 2.75) is 64.3 Å². The van der Waals surface area contributed by atoms with Crippen molar-refractivity contribution in [2.75, 3.05) is 11.6 Å². The molecule has 0 amide bonds. The first-order valence-corrected chi connectivity index (χ1v) is 9.17. The molecule has 1 aliphatic rings. The fraction of sp³-hybridized carbons (Fsp3) is 1.00. The molecule has 3 nitrogen and oxygen atoms in total. The van der Waals surface area contributed by atoms with Crippen LogP contribution in [0.25, 0.3) is 0 Å². The van der Waals surface area contributed by atoms with Crippen LogP contribution in [0.3, 0.4) is 0 Å². The largest absolute Gasteiger partial charge is 0.212 e. The summed E-state index contributed by atoms with van der Waals surface area (Å²) in [6, 6.07) is 0. The van der Waals surface area contributed by atoms with Crippen molar-refractivity contribution in [1.29, 1.82) is 0 Å². The summed E-state index contributed by atoms with van der Waals surface area (Å²) in [7, 11) is -3.18. The van der Waals surface area contributed by atoms with Crippen LogP contribution in [-0.2, 0) is 10.0 Å². The van der Waals surface area contributed by atoms with Gasteiger partial charge in [-0.15, -0.1) is 11.6 Å². The quantitative estimate of drug-likeness (QED) is 0.733. The summed E-state index contributed by atoms with van der Waals surface area (Å²) in [5.74, 6) is 1.11. The van der Waals surface area contributed by atoms with Gasteiger partial charge in [-0.2, -0.15) is 0 Å². The average Bonchev–Trinajstić information content (AvgIpc) is 2.29. The van der Waals surface area contributed by atoms with Gasteiger partial charge in [0.15, 0.2) is 0 Å². The van der Waals surface area contributed by atoms with Crippen LogP contribution in [0.4, 0.5) is 0 Å². The van der Waals surface area contributed by atoms with Gasteiger partial charge in [-0.05, 0) is 38.5 Å². The van der Waals surface area contributed by atoms with Crippen molar-refractivity contribution in [3.05, 3.63) is 0 Å². The molecule has 0 radical (unpaired) electrons. The Morgan fingerprint density at radius 1 is 1.28 bits per heavy atom. The second-order valence-electron chi connectivity index (χ2n) is 5.74. The average molecular weight is 296 g/mol. The third-order valence-corrected chi connectivity index (χ3v) is 5.91. The maximum absolute atomic E-state index is 12.2. The first-order valence-electron chi connectivity index (χ1n) is 6.98. The van der Waals surface area contributed by atoms with E-state index in [4.69, 9.17) is 11.6 Å². The van der Waals surface area contributed by atoms with Crippen LogP contribution < -0.4 is 4.72 Å². The molecule has 0 aromatic heterocycles. The molecule has 0 bridgehead atoms. The summed E-state index contributed by atoms with van der Waals surface area (Å²) >= 11 is 5.75. The van der Waals surface area contributed by atoms with Crippen molar-refractivity contribution < 1.29 is 8.42 Å². The highest BCUT2D eigenvalue weighted by atomic mass is 35.5. The lowest BCUT2D eigenvalue weighted by molar-refractivity contribution is 0.368. The molecular weight excluding hydrogens is 270 g/mol. The lowest BCUT2D eigenvalue weighted by Crippen LogP contribution is -2.47. The Balaban J connectivity index is 2.56. The fourth-order valence-corrected chi connectivity index (χ4v) is 5.04. The number of alkyl halides is 1. The van der Waals surface area contributed by atoms with Crippen LogP contribution in [0.15, 0.2) is 0 Å². The van der Waals surface area contributed by atoms with E-state index in [9.17, 15) is 8.42 Å². The minimum Gasteiger partial charge on any atom is -0.212 e. The van der Waals surface area contributed by atoms with Crippen molar-refractivity contribution in [2.24, 2.45) is 5.92 Å². The standard InChI is InChI=1S/C13H26ClNO2S/c1-3-13(2,9-10-14)15-18(16,17)11-12-7-5-4-6-8-12/h12,15H,3-11H2,1-2H3. The molecular formula is C13H26ClNO2S. The SMILES string of the molecule is CCC(C)(CCCl)NS(=O)(=O)CC1CCCCC1. The smallest absolute Gasteiger partial charge is 0.212 e. The zero-order chi connectivity index (χ0) is 13.6. The van der Waals surface area contributed by atoms with Crippen LogP contribution in [0.1, 0.15) is 58.8 Å². The van der Waals surface area contributed by atoms with Gasteiger partial charge in [-0.25, -0.2) is 13.1 Å². The summed E-state index contributed by atoms with van der Waals surface area (Å²) < 4.78 is 27.2. The van der Waals surface area contributed by atoms with Crippen molar-refractivity contribution in [3.63, 3.8) is 0 Å². The van der Waals surface area contributed by atoms with Crippen LogP contribution >= 0.6 is 11.6 Å². The van der Waals surface area contributed by atoms with Gasteiger partial charge in [0.25, 0.3) is 0 Å². The number of hydrogen-bond donors (Lipinski definition) is 1. The van der Waals surface area contributed by atoms with Crippen LogP contribution in [0.5, 0.6) is 0 Å². The normalized spacial score (nSPS) is 21.7. The van der Waals surface area contributed by atoms with Crippen molar-refractivity contribution in [1.82, 2.24) is 4.72 Å². The molecule has 1 saturated carbocycles. The second-order valence-corrected chi connectivity index (χ2v) is 7.89. The Labute approximate surface area is 117 Å². The van der Waals surface area contributed by atoms with E-state index in [1.165, 1.54) is 19.3 Å². The van der Waals surface area contributed by atoms with Gasteiger partial charge in [0.05, 0.1) is 5.75 Å². The Morgan fingerprint density at radius 3 is 2.39 bits per heavy atom. The van der Waals surface area contributed by atoms with E-state index in [1.54, 1.807) is 0 Å². The first kappa shape index (κ1) is 16.3. The lowest BCUT2D eigenvalue weighted by Gasteiger charge is -2.30. The zero-order valence-electron chi connectivity index (χ0n) is 11.5. The van der Waals surface area contributed by atoms with E-state index in [1.807, 2.05) is 13.8 Å². The van der Waals surface area contributed by atoms with E-state index in [0.717, 1.165) is 19.3 Å². The van der Waals surface area contributed by atoms with E-state index < -0.39 is 15.6 Å². The molecule has 0 spiro atoms. The molecule has 1 fully saturated rings. The van der Waals surface area contributed by atoms with E-state index in [-0.39, 0.29) is 5.75 Å². The molecule has 0 aromatic rings. The zero-order valence-corrected chi connectivity index (χ0v) is 13.1. The fourth-order valence-electron chi connectivity index (χ4n) is 2.59. The highest BCUT2D eigenvalue weighted by Crippen LogP contribution is 2.25. The highest BCUT2D eigenvalue weighted by Gasteiger charge is 2.29. The molecule has 0 saturated heterocycles. The molecule has 1 rings (SSSR count). The van der Waals surface area contributed by atoms with Gasteiger partial charge in [0, 0.05) is 11.4 Å². The predicted octanol–water partition coefficient (Wildman–Crippen LogP) is 3.28. The van der Waals surface area contributed by atoms with Crippen LogP contribution in [0, 0.1) is 5.92 Å². The minimum absolute atomic E-state index is 0.283. The Hall–Kier alpha value is 0.200. The highest BCUT2D eigenvalue weighted by molar-refractivity contribution is 7.89. The van der Waals surface area contributed by atoms with Crippen molar-refractivity contribution >= 4 is 21.6 Å². The first-order chi connectivity index (χ1) is 8.41. The van der Waals surface area contributed by atoms with E-state index in [2.05, 4.69) is 4.72 Å². The molecule has 1 unspecified atom stereocenters. The number of halogens is 1. The summed E-state index contributed by atoms with van der Waals surface area (Å²) in [5, 5.41) is 0. The van der Waals surface area contributed by atoms with Gasteiger partial charge in [0.2, 0.25) is 10.0 Å². The maximum Gasteiger partial charge on any atom is 0.212 e. The van der Waals surface area contributed by atoms with Gasteiger partial charge in [-0.1, -0.05) is 26.2 Å². The molecule has 0 aliphatic heterocycles. The molecule has 0 heterocycles. The predicted molar refractivity (Wildman–Crippen MR) is 77.5 cm³/mol. The molecule has 0 aromatic carbocycles. The monoisotopic (exact) mass is 295 g/mol. The molecule has 18 heavy (non-hydrogen) atoms. The van der Waals surface area contributed by atoms with Gasteiger partial charge in [-0.3, -0.25) is 0 Å². The number of rotatable bonds is 7. The molecule has 5 heteroatoms. The molecule has 1 aliphatic carbocycles. The summed E-state index contributed by atoms with van der Waals surface area (Å²) in [6.07, 6.45) is 7.15. The van der Waals surface area contributed by atoms with Gasteiger partial charge in [0.1, 0.15) is 0 Å². The summed E-state index contributed by atoms with van der Waals surface area (Å²) in [6.45, 7) is 3.93. The van der Waals surface area contributed by atoms with Gasteiger partial charge >= 0.3 is 0 Å². The number of hydrogen-bond acceptors (Lipinski definition) is 2. The third kappa shape index (κ3) is 5.45. The van der Waals surface area contributed by atoms with Crippen molar-refractivity contribution in [3.8, 4) is 0 Å². The lowest BCUT2D eigenvalue weighted by atomic mass is 9.91. The minimum atomic E-state index is -3.18. The van der Waals surface area contributed by atoms with Crippen LogP contribution in [0.2, 0.25) is 0 Å². The Kier molecular flexibility index (Phi) is 6.42. The molecule has 1 atom stereocenters. The topological polar surface area (TPSA) is 46.2 Å². The third-order valence-electron chi connectivity index (χ3n) is 4.01. The summed E-state index contributed by atoms with van der Waals surface area (Å²) in [5.41, 5.74) is -0.394. The maximum atomic E-state index is 12.2. The second kappa shape index (κ2) is 7.11. The van der Waals surface area contributed by atoms with E-state index >= 15 is 0 Å². The number of sulfonamides is 1. The molecule has 108 valence electrons. The van der Waals surface area contributed by atoms with E-state index in [0.29, 0.717) is 18.2 Å². The number of nitrogens with one attached hydrogen (secondary N) is 1. The molecule has 1 N–H and O–H groups in total. The summed E-state index contributed by atoms with van der Waals surface area (Å²) in [4.78, 5) is 0. The van der Waals surface area contributed by atoms with Gasteiger partial charge < -0.3 is 0 Å². The Morgan fingerprint density at radius 2 is 1.89 bits per heavy atom. The Bertz CT molecular complexity index is 339.